The Kier molecular flexibility index (Phi) is 9.07. The number of hydrogen-bond acceptors (Lipinski definition) is 5. The molecule has 0 saturated carbocycles. The summed E-state index contributed by atoms with van der Waals surface area (Å²) in [7, 11) is 0. The van der Waals surface area contributed by atoms with Crippen molar-refractivity contribution in [2.75, 3.05) is 13.2 Å². The van der Waals surface area contributed by atoms with E-state index < -0.39 is 29.7 Å². The minimum absolute atomic E-state index is 0.0701. The molecule has 2 unspecified atom stereocenters. The van der Waals surface area contributed by atoms with Crippen LogP contribution in [-0.4, -0.2) is 36.2 Å². The predicted molar refractivity (Wildman–Crippen MR) is 71.9 cm³/mol. The monoisotopic (exact) mass is 286 g/mol. The molecule has 0 aromatic carbocycles. The maximum absolute atomic E-state index is 11.9. The van der Waals surface area contributed by atoms with Gasteiger partial charge in [0.2, 0.25) is 0 Å². The molecule has 0 spiro atoms. The molecule has 0 aliphatic heterocycles. The first-order valence-electron chi connectivity index (χ1n) is 6.66. The molecule has 0 bridgehead atoms. The van der Waals surface area contributed by atoms with E-state index in [0.717, 1.165) is 6.08 Å². The van der Waals surface area contributed by atoms with Crippen molar-refractivity contribution in [1.29, 1.82) is 0 Å². The van der Waals surface area contributed by atoms with Crippen molar-refractivity contribution in [2.24, 2.45) is 11.8 Å². The normalized spacial score (nSPS) is 13.1. The summed E-state index contributed by atoms with van der Waals surface area (Å²) >= 11 is 0. The zero-order valence-corrected chi connectivity index (χ0v) is 12.0. The molecule has 0 aliphatic rings. The molecule has 0 radical (unpaired) electrons. The fourth-order valence-electron chi connectivity index (χ4n) is 1.88. The van der Waals surface area contributed by atoms with Crippen molar-refractivity contribution in [3.63, 3.8) is 0 Å². The predicted octanol–water partition coefficient (Wildman–Crippen LogP) is 1.79. The fraction of sp³-hybridized carbons (Fsp3) is 0.643. The number of carbonyl (C=O) groups excluding carboxylic acids is 2. The van der Waals surface area contributed by atoms with E-state index in [4.69, 9.17) is 9.84 Å². The number of hydrogen-bond donors (Lipinski definition) is 1. The molecule has 0 amide bonds. The Morgan fingerprint density at radius 2 is 1.75 bits per heavy atom. The number of rotatable bonds is 10. The van der Waals surface area contributed by atoms with Gasteiger partial charge >= 0.3 is 17.9 Å². The molecular weight excluding hydrogens is 264 g/mol. The number of aliphatic carboxylic acids is 1. The van der Waals surface area contributed by atoms with Gasteiger partial charge < -0.3 is 14.6 Å². The van der Waals surface area contributed by atoms with E-state index >= 15 is 0 Å². The van der Waals surface area contributed by atoms with Crippen LogP contribution in [-0.2, 0) is 23.9 Å². The Labute approximate surface area is 118 Å². The minimum Gasteiger partial charge on any atom is -0.481 e. The van der Waals surface area contributed by atoms with Gasteiger partial charge in [-0.3, -0.25) is 9.59 Å². The first-order valence-corrected chi connectivity index (χ1v) is 6.66. The smallest absolute Gasteiger partial charge is 0.330 e. The third-order valence-electron chi connectivity index (χ3n) is 2.88. The van der Waals surface area contributed by atoms with Crippen LogP contribution < -0.4 is 0 Å². The summed E-state index contributed by atoms with van der Waals surface area (Å²) in [5.74, 6) is -3.57. The van der Waals surface area contributed by atoms with Crippen molar-refractivity contribution >= 4 is 17.9 Å². The van der Waals surface area contributed by atoms with E-state index in [0.29, 0.717) is 19.3 Å². The van der Waals surface area contributed by atoms with Crippen molar-refractivity contribution in [1.82, 2.24) is 0 Å². The Balaban J connectivity index is 4.38. The van der Waals surface area contributed by atoms with Crippen LogP contribution in [0.3, 0.4) is 0 Å². The van der Waals surface area contributed by atoms with Crippen LogP contribution in [0.15, 0.2) is 12.7 Å². The van der Waals surface area contributed by atoms with Crippen LogP contribution >= 0.6 is 0 Å². The molecule has 0 aromatic rings. The van der Waals surface area contributed by atoms with E-state index in [1.807, 2.05) is 6.92 Å². The molecule has 114 valence electrons. The first kappa shape index (κ1) is 18.1. The molecule has 2 atom stereocenters. The van der Waals surface area contributed by atoms with Crippen LogP contribution in [0.1, 0.15) is 33.1 Å². The molecule has 0 rings (SSSR count). The van der Waals surface area contributed by atoms with Gasteiger partial charge in [0.25, 0.3) is 0 Å². The Bertz CT molecular complexity index is 350. The van der Waals surface area contributed by atoms with Gasteiger partial charge in [-0.05, 0) is 12.8 Å². The molecule has 0 saturated heterocycles. The highest BCUT2D eigenvalue weighted by atomic mass is 16.6. The van der Waals surface area contributed by atoms with Gasteiger partial charge in [0, 0.05) is 6.08 Å². The standard InChI is InChI=1S/C14H22O6/c1-4-7-11(10(5-2)13(16)17)14(18)20-9-8-19-12(15)6-3/h6,10-11H,3-5,7-9H2,1-2H3,(H,16,17). The molecule has 0 aromatic heterocycles. The average Bonchev–Trinajstić information content (AvgIpc) is 2.42. The van der Waals surface area contributed by atoms with Gasteiger partial charge in [0.1, 0.15) is 13.2 Å². The van der Waals surface area contributed by atoms with E-state index in [9.17, 15) is 14.4 Å². The van der Waals surface area contributed by atoms with Gasteiger partial charge in [-0.1, -0.05) is 26.8 Å². The second-order valence-electron chi connectivity index (χ2n) is 4.29. The van der Waals surface area contributed by atoms with Gasteiger partial charge in [-0.25, -0.2) is 4.79 Å². The maximum Gasteiger partial charge on any atom is 0.330 e. The quantitative estimate of drug-likeness (QED) is 0.374. The first-order chi connectivity index (χ1) is 9.47. The summed E-state index contributed by atoms with van der Waals surface area (Å²) in [5, 5.41) is 9.11. The molecule has 0 aliphatic carbocycles. The highest BCUT2D eigenvalue weighted by Gasteiger charge is 2.32. The summed E-state index contributed by atoms with van der Waals surface area (Å²) in [6.07, 6.45) is 2.52. The van der Waals surface area contributed by atoms with Crippen molar-refractivity contribution in [2.45, 2.75) is 33.1 Å². The van der Waals surface area contributed by atoms with Crippen LogP contribution in [0.2, 0.25) is 0 Å². The summed E-state index contributed by atoms with van der Waals surface area (Å²) in [5.41, 5.74) is 0. The summed E-state index contributed by atoms with van der Waals surface area (Å²) < 4.78 is 9.64. The van der Waals surface area contributed by atoms with Gasteiger partial charge in [0.05, 0.1) is 11.8 Å². The zero-order valence-electron chi connectivity index (χ0n) is 12.0. The van der Waals surface area contributed by atoms with Crippen LogP contribution in [0.25, 0.3) is 0 Å². The third kappa shape index (κ3) is 6.36. The average molecular weight is 286 g/mol. The van der Waals surface area contributed by atoms with Gasteiger partial charge in [0.15, 0.2) is 0 Å². The Morgan fingerprint density at radius 3 is 2.20 bits per heavy atom. The lowest BCUT2D eigenvalue weighted by atomic mass is 9.86. The number of carboxylic acids is 1. The summed E-state index contributed by atoms with van der Waals surface area (Å²) in [6, 6.07) is 0. The van der Waals surface area contributed by atoms with Crippen molar-refractivity contribution in [3.05, 3.63) is 12.7 Å². The van der Waals surface area contributed by atoms with E-state index in [-0.39, 0.29) is 13.2 Å². The second kappa shape index (κ2) is 10.00. The molecule has 0 fully saturated rings. The largest absolute Gasteiger partial charge is 0.481 e. The lowest BCUT2D eigenvalue weighted by Crippen LogP contribution is -2.31. The number of carbonyl (C=O) groups is 3. The topological polar surface area (TPSA) is 89.9 Å². The van der Waals surface area contributed by atoms with Crippen LogP contribution in [0.4, 0.5) is 0 Å². The van der Waals surface area contributed by atoms with Crippen LogP contribution in [0, 0.1) is 11.8 Å². The Morgan fingerprint density at radius 1 is 1.15 bits per heavy atom. The molecule has 6 heteroatoms. The maximum atomic E-state index is 11.9. The molecule has 1 N–H and O–H groups in total. The SMILES string of the molecule is C=CC(=O)OCCOC(=O)C(CCC)C(CC)C(=O)O. The molecule has 20 heavy (non-hydrogen) atoms. The van der Waals surface area contributed by atoms with Crippen molar-refractivity contribution in [3.8, 4) is 0 Å². The van der Waals surface area contributed by atoms with Gasteiger partial charge in [-0.15, -0.1) is 0 Å². The van der Waals surface area contributed by atoms with E-state index in [2.05, 4.69) is 11.3 Å². The third-order valence-corrected chi connectivity index (χ3v) is 2.88. The van der Waals surface area contributed by atoms with E-state index in [1.54, 1.807) is 6.92 Å². The highest BCUT2D eigenvalue weighted by molar-refractivity contribution is 5.81. The lowest BCUT2D eigenvalue weighted by molar-refractivity contribution is -0.160. The molecule has 6 nitrogen and oxygen atoms in total. The highest BCUT2D eigenvalue weighted by Crippen LogP contribution is 2.23. The number of carboxylic acid groups (broad SMARTS) is 1. The fourth-order valence-corrected chi connectivity index (χ4v) is 1.88. The second-order valence-corrected chi connectivity index (χ2v) is 4.29. The Hall–Kier alpha value is -1.85. The molecular formula is C14H22O6. The van der Waals surface area contributed by atoms with Crippen LogP contribution in [0.5, 0.6) is 0 Å². The molecule has 0 heterocycles. The summed E-state index contributed by atoms with van der Waals surface area (Å²) in [4.78, 5) is 33.8. The van der Waals surface area contributed by atoms with E-state index in [1.165, 1.54) is 0 Å². The van der Waals surface area contributed by atoms with Crippen molar-refractivity contribution < 1.29 is 29.0 Å². The minimum atomic E-state index is -0.999. The number of ether oxygens (including phenoxy) is 2. The zero-order chi connectivity index (χ0) is 15.5. The summed E-state index contributed by atoms with van der Waals surface area (Å²) in [6.45, 7) is 6.67. The number of esters is 2. The lowest BCUT2D eigenvalue weighted by Gasteiger charge is -2.20. The van der Waals surface area contributed by atoms with Gasteiger partial charge in [-0.2, -0.15) is 0 Å².